The summed E-state index contributed by atoms with van der Waals surface area (Å²) >= 11 is 0. The third kappa shape index (κ3) is 5.69. The summed E-state index contributed by atoms with van der Waals surface area (Å²) in [6.45, 7) is 9.26. The van der Waals surface area contributed by atoms with Gasteiger partial charge in [-0.3, -0.25) is 4.68 Å². The van der Waals surface area contributed by atoms with Crippen LogP contribution in [0.25, 0.3) is 0 Å². The molecule has 0 fully saturated rings. The molecular formula is C15H26F3N3. The number of halogens is 3. The molecule has 0 bridgehead atoms. The number of aryl methyl sites for hydroxylation is 2. The summed E-state index contributed by atoms with van der Waals surface area (Å²) in [5.74, 6) is 0. The van der Waals surface area contributed by atoms with Gasteiger partial charge >= 0.3 is 6.18 Å². The van der Waals surface area contributed by atoms with E-state index in [1.54, 1.807) is 4.68 Å². The van der Waals surface area contributed by atoms with E-state index in [1.807, 2.05) is 13.8 Å². The van der Waals surface area contributed by atoms with Crippen LogP contribution in [0.5, 0.6) is 0 Å². The molecule has 0 amide bonds. The third-order valence-corrected chi connectivity index (χ3v) is 3.44. The van der Waals surface area contributed by atoms with Crippen LogP contribution in [0.15, 0.2) is 0 Å². The van der Waals surface area contributed by atoms with Gasteiger partial charge in [-0.1, -0.05) is 27.7 Å². The Bertz CT molecular complexity index is 436. The minimum Gasteiger partial charge on any atom is -0.310 e. The van der Waals surface area contributed by atoms with Crippen molar-refractivity contribution < 1.29 is 13.2 Å². The number of aromatic nitrogens is 2. The lowest BCUT2D eigenvalue weighted by Crippen LogP contribution is -2.23. The number of alkyl halides is 3. The lowest BCUT2D eigenvalue weighted by Gasteiger charge is -2.11. The number of rotatable bonds is 8. The second-order valence-electron chi connectivity index (χ2n) is 5.56. The highest BCUT2D eigenvalue weighted by Crippen LogP contribution is 2.23. The number of hydrogen-bond donors (Lipinski definition) is 1. The van der Waals surface area contributed by atoms with Crippen LogP contribution in [0.4, 0.5) is 13.2 Å². The van der Waals surface area contributed by atoms with Crippen molar-refractivity contribution in [2.24, 2.45) is 0 Å². The fourth-order valence-electron chi connectivity index (χ4n) is 2.39. The quantitative estimate of drug-likeness (QED) is 0.790. The van der Waals surface area contributed by atoms with Gasteiger partial charge in [0, 0.05) is 36.8 Å². The summed E-state index contributed by atoms with van der Waals surface area (Å²) in [7, 11) is 0. The highest BCUT2D eigenvalue weighted by atomic mass is 19.4. The topological polar surface area (TPSA) is 29.9 Å². The molecule has 1 aromatic heterocycles. The standard InChI is InChI=1S/C15H26F3N3/c1-5-13-12(10-19-11(3)4)14(6-2)21(20-13)9-7-8-15(16,17)18/h11,19H,5-10H2,1-4H3. The Morgan fingerprint density at radius 1 is 1.19 bits per heavy atom. The third-order valence-electron chi connectivity index (χ3n) is 3.44. The van der Waals surface area contributed by atoms with Crippen LogP contribution >= 0.6 is 0 Å². The van der Waals surface area contributed by atoms with Crippen molar-refractivity contribution in [2.75, 3.05) is 0 Å². The summed E-state index contributed by atoms with van der Waals surface area (Å²) in [5.41, 5.74) is 3.20. The molecule has 1 aromatic rings. The summed E-state index contributed by atoms with van der Waals surface area (Å²) in [4.78, 5) is 0. The Morgan fingerprint density at radius 2 is 1.86 bits per heavy atom. The average molecular weight is 305 g/mol. The van der Waals surface area contributed by atoms with Crippen molar-refractivity contribution in [1.29, 1.82) is 0 Å². The first kappa shape index (κ1) is 18.0. The summed E-state index contributed by atoms with van der Waals surface area (Å²) in [6.07, 6.45) is -3.17. The van der Waals surface area contributed by atoms with Crippen molar-refractivity contribution >= 4 is 0 Å². The summed E-state index contributed by atoms with van der Waals surface area (Å²) in [6, 6.07) is 0.369. The van der Waals surface area contributed by atoms with Gasteiger partial charge < -0.3 is 5.32 Å². The molecule has 0 saturated heterocycles. The van der Waals surface area contributed by atoms with E-state index in [-0.39, 0.29) is 6.42 Å². The molecular weight excluding hydrogens is 279 g/mol. The molecule has 0 spiro atoms. The smallest absolute Gasteiger partial charge is 0.310 e. The summed E-state index contributed by atoms with van der Waals surface area (Å²) in [5, 5.41) is 7.88. The zero-order chi connectivity index (χ0) is 16.0. The minimum atomic E-state index is -4.09. The first-order chi connectivity index (χ1) is 9.78. The van der Waals surface area contributed by atoms with Crippen LogP contribution < -0.4 is 5.32 Å². The molecule has 0 aliphatic carbocycles. The van der Waals surface area contributed by atoms with E-state index in [0.717, 1.165) is 36.3 Å². The molecule has 3 nitrogen and oxygen atoms in total. The van der Waals surface area contributed by atoms with Gasteiger partial charge in [0.05, 0.1) is 5.69 Å². The summed E-state index contributed by atoms with van der Waals surface area (Å²) < 4.78 is 38.6. The molecule has 0 aliphatic rings. The van der Waals surface area contributed by atoms with Crippen LogP contribution in [0.1, 0.15) is 57.5 Å². The second-order valence-corrected chi connectivity index (χ2v) is 5.56. The van der Waals surface area contributed by atoms with E-state index in [9.17, 15) is 13.2 Å². The van der Waals surface area contributed by atoms with Gasteiger partial charge in [0.25, 0.3) is 0 Å². The fraction of sp³-hybridized carbons (Fsp3) is 0.800. The van der Waals surface area contributed by atoms with Crippen molar-refractivity contribution in [2.45, 2.75) is 78.7 Å². The molecule has 0 atom stereocenters. The molecule has 0 unspecified atom stereocenters. The van der Waals surface area contributed by atoms with Crippen molar-refractivity contribution in [3.8, 4) is 0 Å². The average Bonchev–Trinajstić information content (AvgIpc) is 2.71. The molecule has 21 heavy (non-hydrogen) atoms. The van der Waals surface area contributed by atoms with Gasteiger partial charge in [0.2, 0.25) is 0 Å². The Balaban J connectivity index is 2.84. The second kappa shape index (κ2) is 7.82. The van der Waals surface area contributed by atoms with Gasteiger partial charge in [-0.05, 0) is 19.3 Å². The molecule has 1 N–H and O–H groups in total. The lowest BCUT2D eigenvalue weighted by atomic mass is 10.1. The SMILES string of the molecule is CCc1nn(CCCC(F)(F)F)c(CC)c1CNC(C)C. The van der Waals surface area contributed by atoms with Crippen molar-refractivity contribution in [3.63, 3.8) is 0 Å². The Kier molecular flexibility index (Phi) is 6.71. The van der Waals surface area contributed by atoms with E-state index >= 15 is 0 Å². The van der Waals surface area contributed by atoms with Crippen LogP contribution in [-0.4, -0.2) is 22.0 Å². The zero-order valence-electron chi connectivity index (χ0n) is 13.3. The van der Waals surface area contributed by atoms with E-state index in [2.05, 4.69) is 24.3 Å². The maximum Gasteiger partial charge on any atom is 0.389 e. The van der Waals surface area contributed by atoms with E-state index in [1.165, 1.54) is 0 Å². The monoisotopic (exact) mass is 305 g/mol. The molecule has 122 valence electrons. The maximum atomic E-state index is 12.3. The van der Waals surface area contributed by atoms with Gasteiger partial charge in [0.1, 0.15) is 0 Å². The fourth-order valence-corrected chi connectivity index (χ4v) is 2.39. The zero-order valence-corrected chi connectivity index (χ0v) is 13.3. The minimum absolute atomic E-state index is 0.0817. The molecule has 0 saturated carbocycles. The predicted molar refractivity (Wildman–Crippen MR) is 78.2 cm³/mol. The predicted octanol–water partition coefficient (Wildman–Crippen LogP) is 3.85. The van der Waals surface area contributed by atoms with E-state index < -0.39 is 12.6 Å². The highest BCUT2D eigenvalue weighted by Gasteiger charge is 2.26. The molecule has 1 heterocycles. The van der Waals surface area contributed by atoms with Gasteiger partial charge in [-0.25, -0.2) is 0 Å². The molecule has 0 aliphatic heterocycles. The van der Waals surface area contributed by atoms with Crippen LogP contribution in [0.2, 0.25) is 0 Å². The number of nitrogens with zero attached hydrogens (tertiary/aromatic N) is 2. The first-order valence-electron chi connectivity index (χ1n) is 7.66. The highest BCUT2D eigenvalue weighted by molar-refractivity contribution is 5.26. The Hall–Kier alpha value is -1.04. The van der Waals surface area contributed by atoms with Crippen molar-refractivity contribution in [1.82, 2.24) is 15.1 Å². The van der Waals surface area contributed by atoms with Crippen molar-refractivity contribution in [3.05, 3.63) is 17.0 Å². The van der Waals surface area contributed by atoms with Crippen LogP contribution in [-0.2, 0) is 25.9 Å². The maximum absolute atomic E-state index is 12.3. The molecule has 0 radical (unpaired) electrons. The Morgan fingerprint density at radius 3 is 2.33 bits per heavy atom. The van der Waals surface area contributed by atoms with E-state index in [4.69, 9.17) is 0 Å². The van der Waals surface area contributed by atoms with Crippen LogP contribution in [0.3, 0.4) is 0 Å². The lowest BCUT2D eigenvalue weighted by molar-refractivity contribution is -0.136. The number of hydrogen-bond acceptors (Lipinski definition) is 2. The van der Waals surface area contributed by atoms with Gasteiger partial charge in [-0.15, -0.1) is 0 Å². The first-order valence-corrected chi connectivity index (χ1v) is 7.66. The largest absolute Gasteiger partial charge is 0.389 e. The van der Waals surface area contributed by atoms with Crippen LogP contribution in [0, 0.1) is 0 Å². The number of nitrogens with one attached hydrogen (secondary N) is 1. The molecule has 1 rings (SSSR count). The van der Waals surface area contributed by atoms with Gasteiger partial charge in [0.15, 0.2) is 0 Å². The molecule has 0 aromatic carbocycles. The van der Waals surface area contributed by atoms with Gasteiger partial charge in [-0.2, -0.15) is 18.3 Å². The molecule has 6 heteroatoms. The normalized spacial score (nSPS) is 12.4. The van der Waals surface area contributed by atoms with E-state index in [0.29, 0.717) is 12.6 Å². The Labute approximate surface area is 124 Å².